The SMILES string of the molecule is CC(=O)c1sc(NC(=O)COc2c(-c3ccccc3)oc3cc(C)c(C)cc3c2=O)nc1C. The van der Waals surface area contributed by atoms with Gasteiger partial charge in [-0.3, -0.25) is 19.7 Å². The maximum atomic E-state index is 13.3. The molecule has 0 atom stereocenters. The van der Waals surface area contributed by atoms with E-state index in [1.165, 1.54) is 6.92 Å². The molecule has 0 aliphatic heterocycles. The molecule has 0 radical (unpaired) electrons. The summed E-state index contributed by atoms with van der Waals surface area (Å²) < 4.78 is 11.8. The van der Waals surface area contributed by atoms with Crippen LogP contribution in [0.1, 0.15) is 33.4 Å². The van der Waals surface area contributed by atoms with Crippen LogP contribution in [0.3, 0.4) is 0 Å². The summed E-state index contributed by atoms with van der Waals surface area (Å²) in [6.07, 6.45) is 0. The van der Waals surface area contributed by atoms with Crippen LogP contribution < -0.4 is 15.5 Å². The highest BCUT2D eigenvalue weighted by Crippen LogP contribution is 2.32. The largest absolute Gasteiger partial charge is 0.476 e. The number of anilines is 1. The minimum atomic E-state index is -0.502. The van der Waals surface area contributed by atoms with Gasteiger partial charge in [0.2, 0.25) is 11.2 Å². The summed E-state index contributed by atoms with van der Waals surface area (Å²) in [4.78, 5) is 42.1. The van der Waals surface area contributed by atoms with Crippen molar-refractivity contribution in [2.45, 2.75) is 27.7 Å². The average Bonchev–Trinajstić information content (AvgIpc) is 3.15. The Balaban J connectivity index is 1.67. The Morgan fingerprint density at radius 1 is 1.09 bits per heavy atom. The highest BCUT2D eigenvalue weighted by Gasteiger charge is 2.20. The van der Waals surface area contributed by atoms with Gasteiger partial charge in [-0.15, -0.1) is 0 Å². The number of nitrogens with zero attached hydrogens (tertiary/aromatic N) is 1. The number of rotatable bonds is 6. The molecule has 1 N–H and O–H groups in total. The fourth-order valence-electron chi connectivity index (χ4n) is 3.41. The molecule has 0 saturated heterocycles. The molecule has 0 saturated carbocycles. The zero-order chi connectivity index (χ0) is 23.7. The first-order chi connectivity index (χ1) is 15.7. The number of ether oxygens (including phenoxy) is 1. The van der Waals surface area contributed by atoms with E-state index < -0.39 is 12.5 Å². The molecule has 33 heavy (non-hydrogen) atoms. The van der Waals surface area contributed by atoms with E-state index >= 15 is 0 Å². The Kier molecular flexibility index (Phi) is 6.11. The van der Waals surface area contributed by atoms with Gasteiger partial charge in [0.15, 0.2) is 23.3 Å². The van der Waals surface area contributed by atoms with Crippen molar-refractivity contribution >= 4 is 39.1 Å². The summed E-state index contributed by atoms with van der Waals surface area (Å²) >= 11 is 1.10. The van der Waals surface area contributed by atoms with Gasteiger partial charge in [0.05, 0.1) is 16.0 Å². The van der Waals surface area contributed by atoms with Crippen LogP contribution in [0, 0.1) is 20.8 Å². The molecule has 0 fully saturated rings. The van der Waals surface area contributed by atoms with E-state index in [1.807, 2.05) is 38.1 Å². The van der Waals surface area contributed by atoms with Crippen LogP contribution in [0.5, 0.6) is 5.75 Å². The lowest BCUT2D eigenvalue weighted by Gasteiger charge is -2.12. The lowest BCUT2D eigenvalue weighted by atomic mass is 10.0. The Morgan fingerprint density at radius 2 is 1.79 bits per heavy atom. The van der Waals surface area contributed by atoms with Crippen LogP contribution in [0.25, 0.3) is 22.3 Å². The van der Waals surface area contributed by atoms with Crippen molar-refractivity contribution in [1.29, 1.82) is 0 Å². The van der Waals surface area contributed by atoms with Crippen molar-refractivity contribution in [3.8, 4) is 17.1 Å². The van der Waals surface area contributed by atoms with Crippen molar-refractivity contribution in [3.05, 3.63) is 74.4 Å². The summed E-state index contributed by atoms with van der Waals surface area (Å²) in [6, 6.07) is 12.7. The minimum Gasteiger partial charge on any atom is -0.476 e. The molecule has 4 rings (SSSR count). The summed E-state index contributed by atoms with van der Waals surface area (Å²) in [7, 11) is 0. The molecule has 0 bridgehead atoms. The van der Waals surface area contributed by atoms with Crippen LogP contribution in [0.4, 0.5) is 5.13 Å². The zero-order valence-electron chi connectivity index (χ0n) is 18.6. The molecular weight excluding hydrogens is 440 g/mol. The molecular formula is C25H22N2O5S. The lowest BCUT2D eigenvalue weighted by Crippen LogP contribution is -2.22. The molecule has 8 heteroatoms. The number of fused-ring (bicyclic) bond motifs is 1. The monoisotopic (exact) mass is 462 g/mol. The molecule has 0 aliphatic rings. The van der Waals surface area contributed by atoms with Crippen LogP contribution in [-0.4, -0.2) is 23.3 Å². The number of nitrogens with one attached hydrogen (secondary N) is 1. The predicted molar refractivity (Wildman–Crippen MR) is 128 cm³/mol. The fourth-order valence-corrected chi connectivity index (χ4v) is 4.29. The summed E-state index contributed by atoms with van der Waals surface area (Å²) in [5, 5.41) is 3.30. The van der Waals surface area contributed by atoms with Gasteiger partial charge in [0, 0.05) is 12.5 Å². The third kappa shape index (κ3) is 4.56. The van der Waals surface area contributed by atoms with Gasteiger partial charge >= 0.3 is 0 Å². The smallest absolute Gasteiger partial charge is 0.264 e. The standard InChI is InChI=1S/C25H22N2O5S/c1-13-10-18-19(11-14(13)2)32-22(17-8-6-5-7-9-17)23(21(18)30)31-12-20(29)27-25-26-15(3)24(33-25)16(4)28/h5-11H,12H2,1-4H3,(H,26,27,29). The van der Waals surface area contributed by atoms with E-state index in [1.54, 1.807) is 25.1 Å². The Labute approximate surface area is 194 Å². The predicted octanol–water partition coefficient (Wildman–Crippen LogP) is 5.06. The summed E-state index contributed by atoms with van der Waals surface area (Å²) in [5.41, 5.74) is 3.26. The number of hydrogen-bond acceptors (Lipinski definition) is 7. The van der Waals surface area contributed by atoms with Gasteiger partial charge in [-0.25, -0.2) is 4.98 Å². The van der Waals surface area contributed by atoms with Gasteiger partial charge < -0.3 is 9.15 Å². The van der Waals surface area contributed by atoms with Crippen LogP contribution in [0.2, 0.25) is 0 Å². The van der Waals surface area contributed by atoms with Crippen molar-refractivity contribution in [1.82, 2.24) is 4.98 Å². The number of hydrogen-bond donors (Lipinski definition) is 1. The second-order valence-corrected chi connectivity index (χ2v) is 8.71. The maximum Gasteiger partial charge on any atom is 0.264 e. The number of aryl methyl sites for hydroxylation is 3. The number of Topliss-reactive ketones (excluding diaryl/α,β-unsaturated/α-hetero) is 1. The Hall–Kier alpha value is -3.78. The molecule has 168 valence electrons. The second-order valence-electron chi connectivity index (χ2n) is 7.71. The summed E-state index contributed by atoms with van der Waals surface area (Å²) in [5.74, 6) is -0.397. The van der Waals surface area contributed by atoms with Crippen LogP contribution in [0.15, 0.2) is 51.7 Å². The number of amides is 1. The van der Waals surface area contributed by atoms with E-state index in [2.05, 4.69) is 10.3 Å². The van der Waals surface area contributed by atoms with Crippen molar-refractivity contribution in [3.63, 3.8) is 0 Å². The van der Waals surface area contributed by atoms with Gasteiger partial charge in [-0.05, 0) is 44.0 Å². The van der Waals surface area contributed by atoms with Gasteiger partial charge in [-0.2, -0.15) is 0 Å². The number of aromatic nitrogens is 1. The van der Waals surface area contributed by atoms with Gasteiger partial charge in [0.25, 0.3) is 5.91 Å². The van der Waals surface area contributed by atoms with E-state index in [0.29, 0.717) is 32.2 Å². The Bertz CT molecular complexity index is 1440. The lowest BCUT2D eigenvalue weighted by molar-refractivity contribution is -0.118. The highest BCUT2D eigenvalue weighted by atomic mass is 32.1. The first kappa shape index (κ1) is 22.4. The van der Waals surface area contributed by atoms with E-state index in [-0.39, 0.29) is 22.7 Å². The maximum absolute atomic E-state index is 13.3. The zero-order valence-corrected chi connectivity index (χ0v) is 19.5. The van der Waals surface area contributed by atoms with E-state index in [4.69, 9.17) is 9.15 Å². The fraction of sp³-hybridized carbons (Fsp3) is 0.200. The molecule has 0 spiro atoms. The molecule has 0 aliphatic carbocycles. The number of carbonyl (C=O) groups excluding carboxylic acids is 2. The number of thiazole rings is 1. The Morgan fingerprint density at radius 3 is 2.45 bits per heavy atom. The first-order valence-corrected chi connectivity index (χ1v) is 11.1. The van der Waals surface area contributed by atoms with Crippen LogP contribution >= 0.6 is 11.3 Å². The third-order valence-corrected chi connectivity index (χ3v) is 6.38. The molecule has 2 aromatic heterocycles. The molecule has 1 amide bonds. The minimum absolute atomic E-state index is 0.0353. The summed E-state index contributed by atoms with van der Waals surface area (Å²) in [6.45, 7) is 6.59. The van der Waals surface area contributed by atoms with Crippen molar-refractivity contribution < 1.29 is 18.7 Å². The van der Waals surface area contributed by atoms with E-state index in [0.717, 1.165) is 22.5 Å². The van der Waals surface area contributed by atoms with Gasteiger partial charge in [0.1, 0.15) is 5.58 Å². The molecule has 2 heterocycles. The van der Waals surface area contributed by atoms with Crippen LogP contribution in [-0.2, 0) is 4.79 Å². The molecule has 7 nitrogen and oxygen atoms in total. The normalized spacial score (nSPS) is 10.9. The second kappa shape index (κ2) is 8.99. The highest BCUT2D eigenvalue weighted by molar-refractivity contribution is 7.17. The number of benzene rings is 2. The topological polar surface area (TPSA) is 98.5 Å². The average molecular weight is 463 g/mol. The van der Waals surface area contributed by atoms with Crippen molar-refractivity contribution in [2.75, 3.05) is 11.9 Å². The van der Waals surface area contributed by atoms with Crippen molar-refractivity contribution in [2.24, 2.45) is 0 Å². The quantitative estimate of drug-likeness (QED) is 0.402. The third-order valence-electron chi connectivity index (χ3n) is 5.21. The molecule has 4 aromatic rings. The number of ketones is 1. The molecule has 0 unspecified atom stereocenters. The first-order valence-electron chi connectivity index (χ1n) is 10.3. The van der Waals surface area contributed by atoms with E-state index in [9.17, 15) is 14.4 Å². The molecule has 2 aromatic carbocycles. The van der Waals surface area contributed by atoms with Gasteiger partial charge in [-0.1, -0.05) is 41.7 Å². The number of carbonyl (C=O) groups is 2.